The van der Waals surface area contributed by atoms with Crippen LogP contribution in [0.15, 0.2) is 78.4 Å². The SMILES string of the molecule is COCCN1C(=O)C(=O)C(=C(O)c2ccc(OCc3cccc(C)c3)cc2)[C@@H]1c1ccccc1F. The molecule has 1 saturated heterocycles. The Bertz CT molecular complexity index is 1270. The third-order valence-electron chi connectivity index (χ3n) is 5.89. The van der Waals surface area contributed by atoms with Gasteiger partial charge < -0.3 is 19.5 Å². The fourth-order valence-corrected chi connectivity index (χ4v) is 4.15. The first kappa shape index (κ1) is 24.2. The molecule has 0 unspecified atom stereocenters. The van der Waals surface area contributed by atoms with Crippen LogP contribution in [0.25, 0.3) is 5.76 Å². The predicted octanol–water partition coefficient (Wildman–Crippen LogP) is 4.78. The summed E-state index contributed by atoms with van der Waals surface area (Å²) < 4.78 is 25.6. The van der Waals surface area contributed by atoms with Gasteiger partial charge in [0.25, 0.3) is 11.7 Å². The zero-order chi connectivity index (χ0) is 24.9. The van der Waals surface area contributed by atoms with E-state index in [1.54, 1.807) is 30.3 Å². The van der Waals surface area contributed by atoms with Gasteiger partial charge in [-0.15, -0.1) is 0 Å². The number of rotatable bonds is 8. The van der Waals surface area contributed by atoms with Gasteiger partial charge in [0.2, 0.25) is 0 Å². The smallest absolute Gasteiger partial charge is 0.295 e. The van der Waals surface area contributed by atoms with Crippen LogP contribution < -0.4 is 4.74 Å². The van der Waals surface area contributed by atoms with Gasteiger partial charge in [-0.2, -0.15) is 0 Å². The number of ketones is 1. The number of hydrogen-bond donors (Lipinski definition) is 1. The lowest BCUT2D eigenvalue weighted by atomic mass is 9.95. The number of amides is 1. The summed E-state index contributed by atoms with van der Waals surface area (Å²) in [4.78, 5) is 27.0. The van der Waals surface area contributed by atoms with Gasteiger partial charge in [-0.1, -0.05) is 48.0 Å². The number of ether oxygens (including phenoxy) is 2. The molecule has 35 heavy (non-hydrogen) atoms. The molecule has 0 saturated carbocycles. The molecule has 1 aliphatic rings. The van der Waals surface area contributed by atoms with Gasteiger partial charge in [-0.3, -0.25) is 9.59 Å². The van der Waals surface area contributed by atoms with Crippen LogP contribution in [0.1, 0.15) is 28.3 Å². The van der Waals surface area contributed by atoms with Crippen molar-refractivity contribution in [3.8, 4) is 5.75 Å². The Hall–Kier alpha value is -3.97. The van der Waals surface area contributed by atoms with E-state index in [-0.39, 0.29) is 30.0 Å². The Morgan fingerprint density at radius 3 is 2.46 bits per heavy atom. The van der Waals surface area contributed by atoms with Crippen molar-refractivity contribution < 1.29 is 28.6 Å². The first-order valence-electron chi connectivity index (χ1n) is 11.2. The Balaban J connectivity index is 1.65. The summed E-state index contributed by atoms with van der Waals surface area (Å²) in [5, 5.41) is 11.1. The summed E-state index contributed by atoms with van der Waals surface area (Å²) in [5.74, 6) is -2.05. The van der Waals surface area contributed by atoms with Gasteiger partial charge in [-0.25, -0.2) is 4.39 Å². The minimum absolute atomic E-state index is 0.0720. The second-order valence-corrected chi connectivity index (χ2v) is 8.31. The Labute approximate surface area is 203 Å². The highest BCUT2D eigenvalue weighted by molar-refractivity contribution is 6.46. The molecule has 1 N–H and O–H groups in total. The topological polar surface area (TPSA) is 76.1 Å². The quantitative estimate of drug-likeness (QED) is 0.288. The third-order valence-corrected chi connectivity index (χ3v) is 5.89. The van der Waals surface area contributed by atoms with E-state index < -0.39 is 23.5 Å². The number of aryl methyl sites for hydroxylation is 1. The molecular formula is C28H26FNO5. The number of benzene rings is 3. The molecule has 0 aliphatic carbocycles. The summed E-state index contributed by atoms with van der Waals surface area (Å²) in [5.41, 5.74) is 2.45. The van der Waals surface area contributed by atoms with Crippen LogP contribution in [0, 0.1) is 12.7 Å². The van der Waals surface area contributed by atoms with Crippen LogP contribution in [-0.4, -0.2) is 42.0 Å². The highest BCUT2D eigenvalue weighted by Gasteiger charge is 2.46. The average molecular weight is 476 g/mol. The monoisotopic (exact) mass is 475 g/mol. The molecule has 1 aliphatic heterocycles. The molecule has 1 fully saturated rings. The first-order valence-corrected chi connectivity index (χ1v) is 11.2. The maximum atomic E-state index is 14.7. The van der Waals surface area contributed by atoms with Gasteiger partial charge in [-0.05, 0) is 42.8 Å². The number of Topliss-reactive ketones (excluding diaryl/α,β-unsaturated/α-hetero) is 1. The van der Waals surface area contributed by atoms with Gasteiger partial charge in [0.15, 0.2) is 0 Å². The summed E-state index contributed by atoms with van der Waals surface area (Å²) >= 11 is 0. The number of aliphatic hydroxyl groups is 1. The summed E-state index contributed by atoms with van der Waals surface area (Å²) in [6.45, 7) is 2.62. The Morgan fingerprint density at radius 1 is 1.03 bits per heavy atom. The van der Waals surface area contributed by atoms with E-state index in [0.29, 0.717) is 17.9 Å². The zero-order valence-corrected chi connectivity index (χ0v) is 19.5. The second-order valence-electron chi connectivity index (χ2n) is 8.31. The summed E-state index contributed by atoms with van der Waals surface area (Å²) in [7, 11) is 1.47. The van der Waals surface area contributed by atoms with Crippen LogP contribution in [0.4, 0.5) is 4.39 Å². The third kappa shape index (κ3) is 5.10. The maximum absolute atomic E-state index is 14.7. The molecule has 7 heteroatoms. The molecular weight excluding hydrogens is 449 g/mol. The number of likely N-dealkylation sites (tertiary alicyclic amines) is 1. The molecule has 1 amide bonds. The van der Waals surface area contributed by atoms with Gasteiger partial charge in [0.05, 0.1) is 18.2 Å². The zero-order valence-electron chi connectivity index (χ0n) is 19.5. The molecule has 3 aromatic carbocycles. The van der Waals surface area contributed by atoms with Crippen molar-refractivity contribution in [2.45, 2.75) is 19.6 Å². The van der Waals surface area contributed by atoms with Crippen LogP contribution >= 0.6 is 0 Å². The van der Waals surface area contributed by atoms with E-state index in [1.807, 2.05) is 31.2 Å². The van der Waals surface area contributed by atoms with Crippen molar-refractivity contribution in [2.24, 2.45) is 0 Å². The molecule has 1 atom stereocenters. The molecule has 4 rings (SSSR count). The largest absolute Gasteiger partial charge is 0.507 e. The normalized spacial score (nSPS) is 17.1. The van der Waals surface area contributed by atoms with Crippen LogP contribution in [0.5, 0.6) is 5.75 Å². The Morgan fingerprint density at radius 2 is 1.77 bits per heavy atom. The molecule has 0 radical (unpaired) electrons. The van der Waals surface area contributed by atoms with Crippen molar-refractivity contribution in [1.29, 1.82) is 0 Å². The first-order chi connectivity index (χ1) is 16.9. The number of carbonyl (C=O) groups is 2. The van der Waals surface area contributed by atoms with Gasteiger partial charge in [0.1, 0.15) is 23.9 Å². The summed E-state index contributed by atoms with van der Waals surface area (Å²) in [6.07, 6.45) is 0. The standard InChI is InChI=1S/C28H26FNO5/c1-18-6-5-7-19(16-18)17-35-21-12-10-20(11-13-21)26(31)24-25(22-8-3-4-9-23(22)29)30(14-15-34-2)28(33)27(24)32/h3-13,16,25,31H,14-15,17H2,1-2H3/t25-/m0/s1. The van der Waals surface area contributed by atoms with Crippen LogP contribution in [-0.2, 0) is 20.9 Å². The molecule has 6 nitrogen and oxygen atoms in total. The van der Waals surface area contributed by atoms with Crippen molar-refractivity contribution >= 4 is 17.4 Å². The fraction of sp³-hybridized carbons (Fsp3) is 0.214. The van der Waals surface area contributed by atoms with E-state index in [1.165, 1.54) is 30.2 Å². The number of halogens is 1. The molecule has 3 aromatic rings. The van der Waals surface area contributed by atoms with Crippen molar-refractivity contribution in [1.82, 2.24) is 4.90 Å². The number of hydrogen-bond acceptors (Lipinski definition) is 5. The van der Waals surface area contributed by atoms with Crippen molar-refractivity contribution in [2.75, 3.05) is 20.3 Å². The van der Waals surface area contributed by atoms with Crippen molar-refractivity contribution in [3.63, 3.8) is 0 Å². The lowest BCUT2D eigenvalue weighted by molar-refractivity contribution is -0.140. The van der Waals surface area contributed by atoms with E-state index in [9.17, 15) is 19.1 Å². The maximum Gasteiger partial charge on any atom is 0.295 e. The number of aliphatic hydroxyl groups excluding tert-OH is 1. The summed E-state index contributed by atoms with van der Waals surface area (Å²) in [6, 6.07) is 19.3. The minimum atomic E-state index is -1.07. The van der Waals surface area contributed by atoms with Crippen LogP contribution in [0.3, 0.4) is 0 Å². The predicted molar refractivity (Wildman–Crippen MR) is 129 cm³/mol. The molecule has 1 heterocycles. The van der Waals surface area contributed by atoms with E-state index >= 15 is 0 Å². The highest BCUT2D eigenvalue weighted by Crippen LogP contribution is 2.40. The molecule has 0 aromatic heterocycles. The Kier molecular flexibility index (Phi) is 7.27. The lowest BCUT2D eigenvalue weighted by Crippen LogP contribution is -2.33. The number of nitrogens with zero attached hydrogens (tertiary/aromatic N) is 1. The van der Waals surface area contributed by atoms with Crippen LogP contribution in [0.2, 0.25) is 0 Å². The number of carbonyl (C=O) groups excluding carboxylic acids is 2. The van der Waals surface area contributed by atoms with E-state index in [2.05, 4.69) is 0 Å². The highest BCUT2D eigenvalue weighted by atomic mass is 19.1. The van der Waals surface area contributed by atoms with Gasteiger partial charge >= 0.3 is 0 Å². The fourth-order valence-electron chi connectivity index (χ4n) is 4.15. The lowest BCUT2D eigenvalue weighted by Gasteiger charge is -2.25. The number of methoxy groups -OCH3 is 1. The molecule has 0 spiro atoms. The molecule has 180 valence electrons. The van der Waals surface area contributed by atoms with Gasteiger partial charge in [0, 0.05) is 24.8 Å². The molecule has 0 bridgehead atoms. The average Bonchev–Trinajstić information content (AvgIpc) is 3.11. The second kappa shape index (κ2) is 10.5. The minimum Gasteiger partial charge on any atom is -0.507 e. The van der Waals surface area contributed by atoms with E-state index in [4.69, 9.17) is 9.47 Å². The van der Waals surface area contributed by atoms with E-state index in [0.717, 1.165) is 11.1 Å². The van der Waals surface area contributed by atoms with Crippen molar-refractivity contribution in [3.05, 3.63) is 106 Å².